The van der Waals surface area contributed by atoms with Gasteiger partial charge in [-0.15, -0.1) is 0 Å². The van der Waals surface area contributed by atoms with Crippen molar-refractivity contribution in [3.8, 4) is 0 Å². The van der Waals surface area contributed by atoms with Crippen molar-refractivity contribution < 1.29 is 45.8 Å². The first-order valence-corrected chi connectivity index (χ1v) is 3.99. The van der Waals surface area contributed by atoms with Gasteiger partial charge in [-0.25, -0.2) is 0 Å². The van der Waals surface area contributed by atoms with Crippen LogP contribution in [0.15, 0.2) is 0 Å². The van der Waals surface area contributed by atoms with Crippen molar-refractivity contribution in [3.05, 3.63) is 0 Å². The van der Waals surface area contributed by atoms with Gasteiger partial charge in [0.2, 0.25) is 0 Å². The molecule has 0 aromatic carbocycles. The fourth-order valence-corrected chi connectivity index (χ4v) is 0.719. The molecule has 4 nitrogen and oxygen atoms in total. The molecular weight excluding hydrogens is 262 g/mol. The molecular formula is C7H6F6O4. The SMILES string of the molecule is O=C(O)CCC(=O)OC(C(F)(F)F)C(F)(F)F. The van der Waals surface area contributed by atoms with E-state index >= 15 is 0 Å². The highest BCUT2D eigenvalue weighted by atomic mass is 19.4. The predicted octanol–water partition coefficient (Wildman–Crippen LogP) is 1.89. The van der Waals surface area contributed by atoms with E-state index in [1.807, 2.05) is 0 Å². The number of halogens is 6. The zero-order chi connectivity index (χ0) is 13.9. The van der Waals surface area contributed by atoms with Gasteiger partial charge in [-0.3, -0.25) is 9.59 Å². The zero-order valence-electron chi connectivity index (χ0n) is 7.93. The van der Waals surface area contributed by atoms with Crippen molar-refractivity contribution in [3.63, 3.8) is 0 Å². The number of esters is 1. The minimum absolute atomic E-state index is 0.915. The second kappa shape index (κ2) is 5.23. The maximum atomic E-state index is 11.9. The van der Waals surface area contributed by atoms with Crippen molar-refractivity contribution in [1.29, 1.82) is 0 Å². The molecule has 0 unspecified atom stereocenters. The van der Waals surface area contributed by atoms with Gasteiger partial charge in [0.25, 0.3) is 6.10 Å². The molecule has 0 aliphatic heterocycles. The number of hydrogen-bond donors (Lipinski definition) is 1. The van der Waals surface area contributed by atoms with Gasteiger partial charge in [0, 0.05) is 0 Å². The first-order chi connectivity index (χ1) is 7.44. The molecule has 0 aromatic rings. The van der Waals surface area contributed by atoms with Crippen LogP contribution in [0.4, 0.5) is 26.3 Å². The van der Waals surface area contributed by atoms with Crippen LogP contribution in [0.2, 0.25) is 0 Å². The van der Waals surface area contributed by atoms with Gasteiger partial charge < -0.3 is 9.84 Å². The standard InChI is InChI=1S/C7H6F6O4/c8-6(9,10)5(7(11,12)13)17-4(16)2-1-3(14)15/h5H,1-2H2,(H,14,15). The summed E-state index contributed by atoms with van der Waals surface area (Å²) >= 11 is 0. The summed E-state index contributed by atoms with van der Waals surface area (Å²) in [5, 5.41) is 8.06. The second-order valence-corrected chi connectivity index (χ2v) is 2.85. The Labute approximate surface area is 90.2 Å². The topological polar surface area (TPSA) is 63.6 Å². The van der Waals surface area contributed by atoms with Crippen LogP contribution in [-0.4, -0.2) is 35.5 Å². The smallest absolute Gasteiger partial charge is 0.434 e. The third kappa shape index (κ3) is 5.97. The molecule has 0 aromatic heterocycles. The Morgan fingerprint density at radius 2 is 1.41 bits per heavy atom. The van der Waals surface area contributed by atoms with Crippen molar-refractivity contribution in [2.75, 3.05) is 0 Å². The third-order valence-corrected chi connectivity index (χ3v) is 1.39. The lowest BCUT2D eigenvalue weighted by Crippen LogP contribution is -2.45. The molecule has 0 aliphatic rings. The number of carboxylic acid groups (broad SMARTS) is 1. The summed E-state index contributed by atoms with van der Waals surface area (Å²) < 4.78 is 74.3. The van der Waals surface area contributed by atoms with Gasteiger partial charge in [-0.05, 0) is 0 Å². The molecule has 0 heterocycles. The van der Waals surface area contributed by atoms with Crippen LogP contribution in [0.1, 0.15) is 12.8 Å². The first kappa shape index (κ1) is 15.5. The summed E-state index contributed by atoms with van der Waals surface area (Å²) in [6, 6.07) is 0. The molecule has 1 N–H and O–H groups in total. The maximum Gasteiger partial charge on any atom is 0.434 e. The Balaban J connectivity index is 4.57. The number of rotatable bonds is 4. The molecule has 100 valence electrons. The van der Waals surface area contributed by atoms with E-state index in [9.17, 15) is 35.9 Å². The van der Waals surface area contributed by atoms with Gasteiger partial charge in [0.05, 0.1) is 12.8 Å². The highest BCUT2D eigenvalue weighted by Gasteiger charge is 2.59. The highest BCUT2D eigenvalue weighted by Crippen LogP contribution is 2.35. The molecule has 0 saturated heterocycles. The third-order valence-electron chi connectivity index (χ3n) is 1.39. The minimum atomic E-state index is -5.79. The molecule has 0 fully saturated rings. The Morgan fingerprint density at radius 1 is 1.00 bits per heavy atom. The van der Waals surface area contributed by atoms with Crippen LogP contribution in [0.3, 0.4) is 0 Å². The monoisotopic (exact) mass is 268 g/mol. The summed E-state index contributed by atoms with van der Waals surface area (Å²) in [5.74, 6) is -3.43. The molecule has 10 heteroatoms. The largest absolute Gasteiger partial charge is 0.481 e. The van der Waals surface area contributed by atoms with Crippen LogP contribution < -0.4 is 0 Å². The fraction of sp³-hybridized carbons (Fsp3) is 0.714. The van der Waals surface area contributed by atoms with Gasteiger partial charge in [0.1, 0.15) is 0 Å². The molecule has 17 heavy (non-hydrogen) atoms. The van der Waals surface area contributed by atoms with Crippen molar-refractivity contribution in [2.45, 2.75) is 31.3 Å². The van der Waals surface area contributed by atoms with Crippen molar-refractivity contribution in [2.24, 2.45) is 0 Å². The van der Waals surface area contributed by atoms with E-state index in [2.05, 4.69) is 4.74 Å². The van der Waals surface area contributed by atoms with Gasteiger partial charge in [0.15, 0.2) is 0 Å². The summed E-state index contributed by atoms with van der Waals surface area (Å²) in [4.78, 5) is 20.5. The molecule has 0 rings (SSSR count). The Bertz CT molecular complexity index is 280. The van der Waals surface area contributed by atoms with E-state index in [1.54, 1.807) is 0 Å². The van der Waals surface area contributed by atoms with Crippen LogP contribution in [0.25, 0.3) is 0 Å². The first-order valence-electron chi connectivity index (χ1n) is 3.99. The van der Waals surface area contributed by atoms with Gasteiger partial charge >= 0.3 is 24.3 Å². The molecule has 0 atom stereocenters. The number of carbonyl (C=O) groups is 2. The Kier molecular flexibility index (Phi) is 4.78. The van der Waals surface area contributed by atoms with Crippen molar-refractivity contribution in [1.82, 2.24) is 0 Å². The summed E-state index contributed by atoms with van der Waals surface area (Å²) in [6.45, 7) is 0. The quantitative estimate of drug-likeness (QED) is 0.624. The Hall–Kier alpha value is -1.48. The molecule has 0 bridgehead atoms. The van der Waals surface area contributed by atoms with Gasteiger partial charge in [-0.2, -0.15) is 26.3 Å². The average Bonchev–Trinajstić information content (AvgIpc) is 2.07. The zero-order valence-corrected chi connectivity index (χ0v) is 7.93. The number of ether oxygens (including phenoxy) is 1. The summed E-state index contributed by atoms with van der Waals surface area (Å²) in [7, 11) is 0. The summed E-state index contributed by atoms with van der Waals surface area (Å²) in [6.07, 6.45) is -17.8. The minimum Gasteiger partial charge on any atom is -0.481 e. The van der Waals surface area contributed by atoms with E-state index < -0.39 is 43.2 Å². The number of hydrogen-bond acceptors (Lipinski definition) is 3. The van der Waals surface area contributed by atoms with E-state index in [-0.39, 0.29) is 0 Å². The number of carbonyl (C=O) groups excluding carboxylic acids is 1. The molecule has 0 spiro atoms. The normalized spacial score (nSPS) is 12.6. The van der Waals surface area contributed by atoms with Crippen LogP contribution in [-0.2, 0) is 14.3 Å². The molecule has 0 radical (unpaired) electrons. The van der Waals surface area contributed by atoms with Crippen LogP contribution in [0.5, 0.6) is 0 Å². The maximum absolute atomic E-state index is 11.9. The van der Waals surface area contributed by atoms with E-state index in [0.717, 1.165) is 0 Å². The number of aliphatic carboxylic acids is 1. The molecule has 0 saturated carbocycles. The van der Waals surface area contributed by atoms with Crippen LogP contribution >= 0.6 is 0 Å². The number of alkyl halides is 6. The predicted molar refractivity (Wildman–Crippen MR) is 38.9 cm³/mol. The molecule has 0 aliphatic carbocycles. The van der Waals surface area contributed by atoms with E-state index in [0.29, 0.717) is 0 Å². The highest BCUT2D eigenvalue weighted by molar-refractivity contribution is 5.76. The Morgan fingerprint density at radius 3 is 1.71 bits per heavy atom. The fourth-order valence-electron chi connectivity index (χ4n) is 0.719. The average molecular weight is 268 g/mol. The van der Waals surface area contributed by atoms with Crippen LogP contribution in [0, 0.1) is 0 Å². The molecule has 0 amide bonds. The van der Waals surface area contributed by atoms with E-state index in [4.69, 9.17) is 5.11 Å². The van der Waals surface area contributed by atoms with Crippen molar-refractivity contribution >= 4 is 11.9 Å². The lowest BCUT2D eigenvalue weighted by atomic mass is 10.3. The number of carboxylic acids is 1. The lowest BCUT2D eigenvalue weighted by molar-refractivity contribution is -0.313. The van der Waals surface area contributed by atoms with Gasteiger partial charge in [-0.1, -0.05) is 0 Å². The van der Waals surface area contributed by atoms with E-state index in [1.165, 1.54) is 0 Å². The summed E-state index contributed by atoms with van der Waals surface area (Å²) in [5.41, 5.74) is 0. The lowest BCUT2D eigenvalue weighted by Gasteiger charge is -2.22. The second-order valence-electron chi connectivity index (χ2n) is 2.85.